The minimum Gasteiger partial charge on any atom is -0.456 e. The molecule has 0 saturated carbocycles. The SMILES string of the molecule is CN1C(=CC(=O)COC(=O)Cn2cnc3c2c(=O)n(C)c(=O)n3C)C(C)(C)c2ccccc21. The van der Waals surface area contributed by atoms with Crippen molar-refractivity contribution in [3.63, 3.8) is 0 Å². The number of carbonyl (C=O) groups excluding carboxylic acids is 2. The maximum Gasteiger partial charge on any atom is 0.332 e. The molecule has 0 unspecified atom stereocenters. The van der Waals surface area contributed by atoms with E-state index < -0.39 is 23.8 Å². The summed E-state index contributed by atoms with van der Waals surface area (Å²) in [5.74, 6) is -1.04. The van der Waals surface area contributed by atoms with E-state index in [4.69, 9.17) is 4.74 Å². The molecule has 33 heavy (non-hydrogen) atoms. The molecule has 0 spiro atoms. The number of carbonyl (C=O) groups is 2. The molecule has 0 aliphatic carbocycles. The van der Waals surface area contributed by atoms with Crippen molar-refractivity contribution in [1.82, 2.24) is 18.7 Å². The molecule has 4 rings (SSSR count). The van der Waals surface area contributed by atoms with Crippen LogP contribution in [-0.4, -0.2) is 44.1 Å². The minimum absolute atomic E-state index is 0.108. The van der Waals surface area contributed by atoms with Gasteiger partial charge >= 0.3 is 11.7 Å². The van der Waals surface area contributed by atoms with Crippen molar-refractivity contribution in [2.75, 3.05) is 18.6 Å². The van der Waals surface area contributed by atoms with E-state index in [0.29, 0.717) is 0 Å². The third-order valence-corrected chi connectivity index (χ3v) is 6.13. The molecule has 0 N–H and O–H groups in total. The second kappa shape index (κ2) is 7.88. The second-order valence-corrected chi connectivity index (χ2v) is 8.61. The fraction of sp³-hybridized carbons (Fsp3) is 0.348. The molecule has 172 valence electrons. The molecule has 10 nitrogen and oxygen atoms in total. The summed E-state index contributed by atoms with van der Waals surface area (Å²) in [7, 11) is 4.74. The van der Waals surface area contributed by atoms with Gasteiger partial charge in [-0.05, 0) is 11.6 Å². The maximum atomic E-state index is 12.6. The number of imidazole rings is 1. The molecule has 0 radical (unpaired) electrons. The van der Waals surface area contributed by atoms with Crippen molar-refractivity contribution >= 4 is 28.6 Å². The first-order valence-corrected chi connectivity index (χ1v) is 10.4. The summed E-state index contributed by atoms with van der Waals surface area (Å²) in [6.07, 6.45) is 2.80. The Morgan fingerprint density at radius 2 is 1.79 bits per heavy atom. The van der Waals surface area contributed by atoms with Crippen LogP contribution in [0.3, 0.4) is 0 Å². The standard InChI is InChI=1S/C23H25N5O5/c1-23(2)15-8-6-7-9-16(15)25(3)17(23)10-14(29)12-33-18(30)11-28-13-24-20-19(28)21(31)27(5)22(32)26(20)4/h6-10,13H,11-12H2,1-5H3. The van der Waals surface area contributed by atoms with Gasteiger partial charge in [-0.25, -0.2) is 9.78 Å². The smallest absolute Gasteiger partial charge is 0.332 e. The van der Waals surface area contributed by atoms with Crippen LogP contribution >= 0.6 is 0 Å². The summed E-state index contributed by atoms with van der Waals surface area (Å²) in [5.41, 5.74) is 1.80. The Labute approximate surface area is 189 Å². The summed E-state index contributed by atoms with van der Waals surface area (Å²) in [6.45, 7) is 3.34. The Balaban J connectivity index is 1.48. The van der Waals surface area contributed by atoms with Gasteiger partial charge in [0.05, 0.1) is 6.33 Å². The molecule has 10 heteroatoms. The molecule has 1 aliphatic rings. The highest BCUT2D eigenvalue weighted by Gasteiger charge is 2.38. The highest BCUT2D eigenvalue weighted by Crippen LogP contribution is 2.46. The summed E-state index contributed by atoms with van der Waals surface area (Å²) in [6, 6.07) is 7.94. The van der Waals surface area contributed by atoms with Gasteiger partial charge in [0.15, 0.2) is 23.6 Å². The van der Waals surface area contributed by atoms with Crippen LogP contribution in [0, 0.1) is 0 Å². The van der Waals surface area contributed by atoms with E-state index in [0.717, 1.165) is 21.5 Å². The zero-order valence-electron chi connectivity index (χ0n) is 19.2. The van der Waals surface area contributed by atoms with Gasteiger partial charge in [-0.1, -0.05) is 32.0 Å². The number of aryl methyl sites for hydroxylation is 1. The number of hydrogen-bond acceptors (Lipinski definition) is 7. The Kier molecular flexibility index (Phi) is 5.31. The zero-order chi connectivity index (χ0) is 24.1. The lowest BCUT2D eigenvalue weighted by atomic mass is 9.83. The lowest BCUT2D eigenvalue weighted by Gasteiger charge is -2.23. The average molecular weight is 451 g/mol. The van der Waals surface area contributed by atoms with E-state index >= 15 is 0 Å². The molecule has 3 heterocycles. The number of nitrogens with zero attached hydrogens (tertiary/aromatic N) is 5. The van der Waals surface area contributed by atoms with Crippen molar-refractivity contribution < 1.29 is 14.3 Å². The lowest BCUT2D eigenvalue weighted by molar-refractivity contribution is -0.147. The monoisotopic (exact) mass is 451 g/mol. The van der Waals surface area contributed by atoms with Crippen molar-refractivity contribution in [1.29, 1.82) is 0 Å². The van der Waals surface area contributed by atoms with Crippen molar-refractivity contribution in [3.05, 3.63) is 68.8 Å². The third-order valence-electron chi connectivity index (χ3n) is 6.13. The molecule has 0 bridgehead atoms. The first-order chi connectivity index (χ1) is 15.5. The van der Waals surface area contributed by atoms with E-state index in [1.54, 1.807) is 0 Å². The number of ether oxygens (including phenoxy) is 1. The molecule has 0 fully saturated rings. The molecule has 2 aromatic heterocycles. The lowest BCUT2D eigenvalue weighted by Crippen LogP contribution is -2.37. The van der Waals surface area contributed by atoms with E-state index in [1.807, 2.05) is 50.1 Å². The number of benzene rings is 1. The summed E-state index contributed by atoms with van der Waals surface area (Å²) in [4.78, 5) is 55.5. The van der Waals surface area contributed by atoms with Gasteiger partial charge in [-0.15, -0.1) is 0 Å². The van der Waals surface area contributed by atoms with Crippen LogP contribution in [0.1, 0.15) is 19.4 Å². The Hall–Kier alpha value is -3.95. The van der Waals surface area contributed by atoms with Gasteiger partial charge in [0.1, 0.15) is 6.54 Å². The predicted molar refractivity (Wildman–Crippen MR) is 122 cm³/mol. The Morgan fingerprint density at radius 3 is 2.48 bits per heavy atom. The Morgan fingerprint density at radius 1 is 1.09 bits per heavy atom. The number of hydrogen-bond donors (Lipinski definition) is 0. The molecular formula is C23H25N5O5. The third kappa shape index (κ3) is 3.57. The highest BCUT2D eigenvalue weighted by molar-refractivity contribution is 5.94. The molecule has 1 aliphatic heterocycles. The summed E-state index contributed by atoms with van der Waals surface area (Å²) >= 11 is 0. The van der Waals surface area contributed by atoms with E-state index in [-0.39, 0.29) is 28.9 Å². The number of anilines is 1. The molecule has 0 amide bonds. The zero-order valence-corrected chi connectivity index (χ0v) is 19.2. The first-order valence-electron chi connectivity index (χ1n) is 10.4. The van der Waals surface area contributed by atoms with Crippen molar-refractivity contribution in [2.24, 2.45) is 14.1 Å². The van der Waals surface area contributed by atoms with E-state index in [9.17, 15) is 19.2 Å². The number of aromatic nitrogens is 4. The minimum atomic E-state index is -0.695. The molecular weight excluding hydrogens is 426 g/mol. The number of ketones is 1. The molecule has 1 aromatic carbocycles. The van der Waals surface area contributed by atoms with Crippen LogP contribution in [0.2, 0.25) is 0 Å². The fourth-order valence-electron chi connectivity index (χ4n) is 4.31. The van der Waals surface area contributed by atoms with Crippen molar-refractivity contribution in [3.8, 4) is 0 Å². The number of rotatable bonds is 5. The van der Waals surface area contributed by atoms with E-state index in [2.05, 4.69) is 4.98 Å². The van der Waals surface area contributed by atoms with Gasteiger partial charge < -0.3 is 14.2 Å². The number of likely N-dealkylation sites (N-methyl/N-ethyl adjacent to an activating group) is 1. The van der Waals surface area contributed by atoms with Gasteiger partial charge in [0.2, 0.25) is 0 Å². The van der Waals surface area contributed by atoms with Crippen LogP contribution in [0.15, 0.2) is 52.0 Å². The molecule has 0 saturated heterocycles. The molecule has 3 aromatic rings. The van der Waals surface area contributed by atoms with Crippen LogP contribution in [-0.2, 0) is 40.4 Å². The fourth-order valence-corrected chi connectivity index (χ4v) is 4.31. The van der Waals surface area contributed by atoms with Crippen molar-refractivity contribution in [2.45, 2.75) is 25.8 Å². The normalized spacial score (nSPS) is 15.8. The van der Waals surface area contributed by atoms with Gasteiger partial charge in [-0.2, -0.15) is 0 Å². The van der Waals surface area contributed by atoms with Crippen LogP contribution in [0.5, 0.6) is 0 Å². The van der Waals surface area contributed by atoms with Gasteiger partial charge in [0, 0.05) is 44.0 Å². The van der Waals surface area contributed by atoms with Crippen LogP contribution in [0.25, 0.3) is 11.2 Å². The number of para-hydroxylation sites is 1. The Bertz CT molecular complexity index is 1440. The van der Waals surface area contributed by atoms with E-state index in [1.165, 1.54) is 35.6 Å². The number of fused-ring (bicyclic) bond motifs is 2. The number of esters is 1. The molecule has 0 atom stereocenters. The quantitative estimate of drug-likeness (QED) is 0.418. The van der Waals surface area contributed by atoms with Crippen LogP contribution < -0.4 is 16.1 Å². The van der Waals surface area contributed by atoms with Gasteiger partial charge in [-0.3, -0.25) is 23.5 Å². The predicted octanol–water partition coefficient (Wildman–Crippen LogP) is 0.857. The topological polar surface area (TPSA) is 108 Å². The summed E-state index contributed by atoms with van der Waals surface area (Å²) < 4.78 is 8.65. The average Bonchev–Trinajstić information content (AvgIpc) is 3.28. The largest absolute Gasteiger partial charge is 0.456 e. The van der Waals surface area contributed by atoms with Crippen LogP contribution in [0.4, 0.5) is 5.69 Å². The van der Waals surface area contributed by atoms with Gasteiger partial charge in [0.25, 0.3) is 5.56 Å². The highest BCUT2D eigenvalue weighted by atomic mass is 16.5. The maximum absolute atomic E-state index is 12.6. The second-order valence-electron chi connectivity index (χ2n) is 8.61. The first kappa shape index (κ1) is 22.3. The summed E-state index contributed by atoms with van der Waals surface area (Å²) in [5, 5.41) is 0. The number of allylic oxidation sites excluding steroid dienone is 1.